The highest BCUT2D eigenvalue weighted by molar-refractivity contribution is 5.72. The third kappa shape index (κ3) is 4.20. The molecule has 0 radical (unpaired) electrons. The number of nitrogens with zero attached hydrogens (tertiary/aromatic N) is 2. The Balaban J connectivity index is 2.03. The Bertz CT molecular complexity index is 1240. The van der Waals surface area contributed by atoms with E-state index in [0.717, 1.165) is 17.1 Å². The van der Waals surface area contributed by atoms with Crippen molar-refractivity contribution in [3.05, 3.63) is 89.7 Å². The van der Waals surface area contributed by atoms with Gasteiger partial charge in [0.15, 0.2) is 0 Å². The van der Waals surface area contributed by atoms with Crippen LogP contribution in [-0.4, -0.2) is 11.7 Å². The zero-order valence-electron chi connectivity index (χ0n) is 20.9. The molecule has 3 aromatic carbocycles. The van der Waals surface area contributed by atoms with Crippen molar-refractivity contribution in [1.82, 2.24) is 4.57 Å². The van der Waals surface area contributed by atoms with Gasteiger partial charge in [-0.3, -0.25) is 0 Å². The fourth-order valence-corrected chi connectivity index (χ4v) is 4.69. The first-order valence-electron chi connectivity index (χ1n) is 11.8. The van der Waals surface area contributed by atoms with Crippen LogP contribution in [0.5, 0.6) is 5.75 Å². The second kappa shape index (κ2) is 9.27. The first kappa shape index (κ1) is 22.8. The van der Waals surface area contributed by atoms with E-state index in [9.17, 15) is 0 Å². The Morgan fingerprint density at radius 2 is 1.45 bits per heavy atom. The maximum atomic E-state index is 5.64. The number of aromatic nitrogens is 2. The van der Waals surface area contributed by atoms with Crippen molar-refractivity contribution < 1.29 is 9.30 Å². The van der Waals surface area contributed by atoms with Gasteiger partial charge in [0, 0.05) is 16.7 Å². The van der Waals surface area contributed by atoms with E-state index in [0.29, 0.717) is 11.8 Å². The second-order valence-corrected chi connectivity index (χ2v) is 9.41. The van der Waals surface area contributed by atoms with Gasteiger partial charge in [-0.2, -0.15) is 4.57 Å². The average Bonchev–Trinajstić information content (AvgIpc) is 3.19. The van der Waals surface area contributed by atoms with Gasteiger partial charge >= 0.3 is 0 Å². The van der Waals surface area contributed by atoms with Crippen LogP contribution in [0.3, 0.4) is 0 Å². The van der Waals surface area contributed by atoms with Gasteiger partial charge in [-0.05, 0) is 54.2 Å². The van der Waals surface area contributed by atoms with Gasteiger partial charge in [0.1, 0.15) is 23.8 Å². The molecule has 0 aliphatic rings. The van der Waals surface area contributed by atoms with Crippen molar-refractivity contribution >= 4 is 0 Å². The minimum Gasteiger partial charge on any atom is -0.496 e. The molecule has 4 rings (SSSR count). The molecular weight excluding hydrogens is 404 g/mol. The van der Waals surface area contributed by atoms with Crippen molar-refractivity contribution in [3.8, 4) is 34.0 Å². The molecule has 0 unspecified atom stereocenters. The van der Waals surface area contributed by atoms with Gasteiger partial charge in [0.25, 0.3) is 5.82 Å². The Hall–Kier alpha value is -3.33. The molecule has 0 N–H and O–H groups in total. The summed E-state index contributed by atoms with van der Waals surface area (Å²) < 4.78 is 10.2. The smallest absolute Gasteiger partial charge is 0.294 e. The van der Waals surface area contributed by atoms with Gasteiger partial charge in [-0.1, -0.05) is 64.1 Å². The lowest BCUT2D eigenvalue weighted by molar-refractivity contribution is -0.659. The predicted octanol–water partition coefficient (Wildman–Crippen LogP) is 7.20. The van der Waals surface area contributed by atoms with Crippen LogP contribution in [0, 0.1) is 6.92 Å². The molecule has 1 heterocycles. The molecule has 0 saturated heterocycles. The Labute approximate surface area is 198 Å². The summed E-state index contributed by atoms with van der Waals surface area (Å²) in [7, 11) is 3.86. The van der Waals surface area contributed by atoms with Gasteiger partial charge in [0.05, 0.1) is 19.7 Å². The molecule has 3 nitrogen and oxygen atoms in total. The lowest BCUT2D eigenvalue weighted by Crippen LogP contribution is -2.29. The monoisotopic (exact) mass is 439 g/mol. The normalized spacial score (nSPS) is 11.4. The number of rotatable bonds is 6. The van der Waals surface area contributed by atoms with Crippen molar-refractivity contribution in [1.29, 1.82) is 0 Å². The van der Waals surface area contributed by atoms with Crippen LogP contribution >= 0.6 is 0 Å². The van der Waals surface area contributed by atoms with Crippen LogP contribution < -0.4 is 9.30 Å². The fourth-order valence-electron chi connectivity index (χ4n) is 4.69. The van der Waals surface area contributed by atoms with Crippen LogP contribution in [0.1, 0.15) is 56.2 Å². The molecule has 0 spiro atoms. The van der Waals surface area contributed by atoms with Crippen LogP contribution in [0.25, 0.3) is 28.2 Å². The first-order valence-corrected chi connectivity index (χ1v) is 11.8. The third-order valence-corrected chi connectivity index (χ3v) is 6.51. The van der Waals surface area contributed by atoms with Gasteiger partial charge < -0.3 is 4.74 Å². The summed E-state index contributed by atoms with van der Waals surface area (Å²) in [6, 6.07) is 21.7. The molecule has 0 amide bonds. The molecular formula is C30H35N2O+. The Morgan fingerprint density at radius 3 is 2.03 bits per heavy atom. The maximum Gasteiger partial charge on any atom is 0.294 e. The lowest BCUT2D eigenvalue weighted by Gasteiger charge is -2.20. The van der Waals surface area contributed by atoms with E-state index in [1.807, 2.05) is 6.07 Å². The second-order valence-electron chi connectivity index (χ2n) is 9.41. The number of imidazole rings is 1. The highest BCUT2D eigenvalue weighted by Gasteiger charge is 2.28. The molecule has 33 heavy (non-hydrogen) atoms. The van der Waals surface area contributed by atoms with Crippen LogP contribution in [0.15, 0.2) is 73.1 Å². The minimum atomic E-state index is 0.383. The number of hydrogen-bond donors (Lipinski definition) is 0. The summed E-state index contributed by atoms with van der Waals surface area (Å²) in [5, 5.41) is 0. The highest BCUT2D eigenvalue weighted by Crippen LogP contribution is 2.38. The van der Waals surface area contributed by atoms with Gasteiger partial charge in [-0.25, -0.2) is 4.57 Å². The first-order chi connectivity index (χ1) is 15.8. The van der Waals surface area contributed by atoms with E-state index >= 15 is 0 Å². The number of aryl methyl sites for hydroxylation is 1. The largest absolute Gasteiger partial charge is 0.496 e. The van der Waals surface area contributed by atoms with Crippen LogP contribution in [0.4, 0.5) is 0 Å². The summed E-state index contributed by atoms with van der Waals surface area (Å²) in [5.41, 5.74) is 8.87. The summed E-state index contributed by atoms with van der Waals surface area (Å²) in [5.74, 6) is 2.83. The zero-order valence-corrected chi connectivity index (χ0v) is 20.9. The summed E-state index contributed by atoms with van der Waals surface area (Å²) in [6.45, 7) is 11.3. The maximum absolute atomic E-state index is 5.64. The van der Waals surface area contributed by atoms with E-state index in [2.05, 4.69) is 118 Å². The number of ether oxygens (including phenoxy) is 1. The molecule has 0 atom stereocenters. The van der Waals surface area contributed by atoms with Crippen molar-refractivity contribution in [3.63, 3.8) is 0 Å². The van der Waals surface area contributed by atoms with Gasteiger partial charge in [0.2, 0.25) is 0 Å². The Morgan fingerprint density at radius 1 is 0.818 bits per heavy atom. The van der Waals surface area contributed by atoms with E-state index < -0.39 is 0 Å². The lowest BCUT2D eigenvalue weighted by atomic mass is 9.88. The molecule has 0 aliphatic carbocycles. The summed E-state index contributed by atoms with van der Waals surface area (Å²) in [6.07, 6.45) is 4.34. The Kier molecular flexibility index (Phi) is 6.42. The SMILES string of the molecule is COc1cccc(-c2n(-c3c(C(C)C)cc(-c4ccccc4)cc3C(C)C)cc[n+]2C)c1C. The van der Waals surface area contributed by atoms with E-state index in [1.54, 1.807) is 7.11 Å². The van der Waals surface area contributed by atoms with Crippen molar-refractivity contribution in [2.75, 3.05) is 7.11 Å². The highest BCUT2D eigenvalue weighted by atomic mass is 16.5. The molecule has 0 saturated carbocycles. The molecule has 3 heteroatoms. The topological polar surface area (TPSA) is 18.0 Å². The summed E-state index contributed by atoms with van der Waals surface area (Å²) in [4.78, 5) is 0. The molecule has 0 bridgehead atoms. The van der Waals surface area contributed by atoms with E-state index in [-0.39, 0.29) is 0 Å². The molecule has 1 aromatic heterocycles. The van der Waals surface area contributed by atoms with E-state index in [4.69, 9.17) is 4.74 Å². The molecule has 170 valence electrons. The third-order valence-electron chi connectivity index (χ3n) is 6.51. The van der Waals surface area contributed by atoms with Gasteiger partial charge in [-0.15, -0.1) is 0 Å². The van der Waals surface area contributed by atoms with Crippen LogP contribution in [0.2, 0.25) is 0 Å². The average molecular weight is 440 g/mol. The fraction of sp³-hybridized carbons (Fsp3) is 0.300. The minimum absolute atomic E-state index is 0.383. The molecule has 0 fully saturated rings. The van der Waals surface area contributed by atoms with E-state index in [1.165, 1.54) is 33.5 Å². The number of hydrogen-bond acceptors (Lipinski definition) is 1. The molecule has 0 aliphatic heterocycles. The van der Waals surface area contributed by atoms with Crippen molar-refractivity contribution in [2.24, 2.45) is 7.05 Å². The summed E-state index contributed by atoms with van der Waals surface area (Å²) >= 11 is 0. The number of methoxy groups -OCH3 is 1. The zero-order chi connectivity index (χ0) is 23.7. The predicted molar refractivity (Wildman–Crippen MR) is 137 cm³/mol. The van der Waals surface area contributed by atoms with Crippen molar-refractivity contribution in [2.45, 2.75) is 46.5 Å². The standard InChI is InChI=1S/C30H35N2O/c1-20(2)26-18-24(23-12-9-8-10-13-23)19-27(21(3)4)29(26)32-17-16-31(6)30(32)25-14-11-15-28(33-7)22(25)5/h8-21H,1-7H3/q+1. The van der Waals surface area contributed by atoms with Crippen LogP contribution in [-0.2, 0) is 7.05 Å². The molecule has 4 aromatic rings. The quantitative estimate of drug-likeness (QED) is 0.291. The number of benzene rings is 3.